The van der Waals surface area contributed by atoms with Crippen molar-refractivity contribution in [3.63, 3.8) is 0 Å². The maximum absolute atomic E-state index is 2.50. The van der Waals surface area contributed by atoms with Crippen molar-refractivity contribution in [2.45, 2.75) is 6.42 Å². The number of nitrogens with zero attached hydrogens (tertiary/aromatic N) is 2. The van der Waals surface area contributed by atoms with Crippen molar-refractivity contribution in [2.24, 2.45) is 0 Å². The summed E-state index contributed by atoms with van der Waals surface area (Å²) in [5, 5.41) is 7.62. The Labute approximate surface area is 283 Å². The van der Waals surface area contributed by atoms with Crippen LogP contribution in [-0.4, -0.2) is 9.13 Å². The molecule has 1 aliphatic carbocycles. The molecule has 0 radical (unpaired) electrons. The first-order valence-corrected chi connectivity index (χ1v) is 17.1. The van der Waals surface area contributed by atoms with E-state index in [0.29, 0.717) is 0 Å². The Morgan fingerprint density at radius 1 is 0.347 bits per heavy atom. The normalized spacial score (nSPS) is 12.4. The van der Waals surface area contributed by atoms with E-state index in [1.165, 1.54) is 99.1 Å². The van der Waals surface area contributed by atoms with Gasteiger partial charge in [-0.3, -0.25) is 0 Å². The molecule has 0 saturated carbocycles. The van der Waals surface area contributed by atoms with E-state index >= 15 is 0 Å². The zero-order valence-corrected chi connectivity index (χ0v) is 26.8. The molecule has 8 aromatic carbocycles. The van der Waals surface area contributed by atoms with Gasteiger partial charge in [0.05, 0.1) is 27.8 Å². The number of hydrogen-bond acceptors (Lipinski definition) is 0. The predicted octanol–water partition coefficient (Wildman–Crippen LogP) is 12.3. The van der Waals surface area contributed by atoms with Crippen LogP contribution in [-0.2, 0) is 6.42 Å². The third-order valence-electron chi connectivity index (χ3n) is 10.7. The minimum absolute atomic E-state index is 0.973. The molecule has 0 saturated heterocycles. The maximum atomic E-state index is 2.50. The molecule has 0 amide bonds. The molecule has 0 bridgehead atoms. The van der Waals surface area contributed by atoms with Crippen LogP contribution < -0.4 is 0 Å². The Kier molecular flexibility index (Phi) is 5.47. The van der Waals surface area contributed by atoms with Gasteiger partial charge in [-0.05, 0) is 106 Å². The Bertz CT molecular complexity index is 2950. The summed E-state index contributed by atoms with van der Waals surface area (Å²) in [6.07, 6.45) is 0.973. The van der Waals surface area contributed by atoms with Gasteiger partial charge >= 0.3 is 0 Å². The molecule has 0 atom stereocenters. The fraction of sp³-hybridized carbons (Fsp3) is 0.0213. The number of para-hydroxylation sites is 2. The third-order valence-corrected chi connectivity index (χ3v) is 10.7. The van der Waals surface area contributed by atoms with Gasteiger partial charge in [-0.2, -0.15) is 0 Å². The second-order valence-corrected chi connectivity index (χ2v) is 13.3. The molecule has 2 nitrogen and oxygen atoms in total. The first-order valence-electron chi connectivity index (χ1n) is 17.1. The summed E-state index contributed by atoms with van der Waals surface area (Å²) in [6.45, 7) is 0. The Balaban J connectivity index is 1.18. The molecule has 0 unspecified atom stereocenters. The average Bonchev–Trinajstić information content (AvgIpc) is 3.80. The van der Waals surface area contributed by atoms with Crippen molar-refractivity contribution < 1.29 is 0 Å². The Morgan fingerprint density at radius 2 is 0.980 bits per heavy atom. The second kappa shape index (κ2) is 10.1. The molecule has 11 rings (SSSR count). The molecule has 0 fully saturated rings. The van der Waals surface area contributed by atoms with Gasteiger partial charge in [0.15, 0.2) is 0 Å². The van der Waals surface area contributed by atoms with Gasteiger partial charge in [0.2, 0.25) is 0 Å². The van der Waals surface area contributed by atoms with E-state index < -0.39 is 0 Å². The van der Waals surface area contributed by atoms with Crippen molar-refractivity contribution in [2.75, 3.05) is 0 Å². The van der Waals surface area contributed by atoms with Gasteiger partial charge in [0.1, 0.15) is 0 Å². The zero-order valence-electron chi connectivity index (χ0n) is 26.8. The van der Waals surface area contributed by atoms with Crippen molar-refractivity contribution in [1.29, 1.82) is 0 Å². The first-order chi connectivity index (χ1) is 24.3. The average molecular weight is 623 g/mol. The van der Waals surface area contributed by atoms with Crippen molar-refractivity contribution in [3.05, 3.63) is 181 Å². The maximum Gasteiger partial charge on any atom is 0.0544 e. The topological polar surface area (TPSA) is 9.86 Å². The van der Waals surface area contributed by atoms with Crippen LogP contribution in [0.5, 0.6) is 0 Å². The molecule has 10 aromatic rings. The summed E-state index contributed by atoms with van der Waals surface area (Å²) in [5.74, 6) is 0. The molecule has 0 aliphatic heterocycles. The van der Waals surface area contributed by atoms with E-state index in [2.05, 4.69) is 179 Å². The van der Waals surface area contributed by atoms with E-state index in [-0.39, 0.29) is 0 Å². The summed E-state index contributed by atoms with van der Waals surface area (Å²) in [4.78, 5) is 0. The zero-order chi connectivity index (χ0) is 32.1. The molecule has 49 heavy (non-hydrogen) atoms. The van der Waals surface area contributed by atoms with Crippen LogP contribution in [0.25, 0.3) is 88.0 Å². The Hall–Kier alpha value is -6.38. The van der Waals surface area contributed by atoms with Crippen LogP contribution >= 0.6 is 0 Å². The lowest BCUT2D eigenvalue weighted by Gasteiger charge is -2.12. The van der Waals surface area contributed by atoms with Gasteiger partial charge in [-0.25, -0.2) is 0 Å². The van der Waals surface area contributed by atoms with Crippen LogP contribution in [0.15, 0.2) is 170 Å². The number of rotatable bonds is 3. The third kappa shape index (κ3) is 3.83. The number of benzene rings is 8. The molecule has 1 aliphatic rings. The van der Waals surface area contributed by atoms with Gasteiger partial charge in [-0.15, -0.1) is 0 Å². The van der Waals surface area contributed by atoms with Crippen molar-refractivity contribution in [1.82, 2.24) is 9.13 Å². The van der Waals surface area contributed by atoms with Gasteiger partial charge in [-0.1, -0.05) is 109 Å². The Morgan fingerprint density at radius 3 is 1.84 bits per heavy atom. The van der Waals surface area contributed by atoms with E-state index in [1.807, 2.05) is 0 Å². The smallest absolute Gasteiger partial charge is 0.0544 e. The van der Waals surface area contributed by atoms with Crippen molar-refractivity contribution in [3.8, 4) is 33.6 Å². The van der Waals surface area contributed by atoms with Crippen molar-refractivity contribution >= 4 is 54.4 Å². The summed E-state index contributed by atoms with van der Waals surface area (Å²) in [6, 6.07) is 62.7. The van der Waals surface area contributed by atoms with Crippen LogP contribution in [0, 0.1) is 0 Å². The van der Waals surface area contributed by atoms with Gasteiger partial charge in [0.25, 0.3) is 0 Å². The molecule has 2 heteroatoms. The van der Waals surface area contributed by atoms with Gasteiger partial charge < -0.3 is 9.13 Å². The minimum Gasteiger partial charge on any atom is -0.309 e. The fourth-order valence-corrected chi connectivity index (χ4v) is 8.50. The molecule has 2 heterocycles. The van der Waals surface area contributed by atoms with Crippen LogP contribution in [0.2, 0.25) is 0 Å². The quantitative estimate of drug-likeness (QED) is 0.186. The highest BCUT2D eigenvalue weighted by molar-refractivity contribution is 6.14. The first kappa shape index (κ1) is 26.7. The highest BCUT2D eigenvalue weighted by Crippen LogP contribution is 2.44. The second-order valence-electron chi connectivity index (χ2n) is 13.3. The predicted molar refractivity (Wildman–Crippen MR) is 206 cm³/mol. The summed E-state index contributed by atoms with van der Waals surface area (Å²) >= 11 is 0. The minimum atomic E-state index is 0.973. The largest absolute Gasteiger partial charge is 0.309 e. The van der Waals surface area contributed by atoms with Crippen LogP contribution in [0.3, 0.4) is 0 Å². The molecule has 228 valence electrons. The lowest BCUT2D eigenvalue weighted by molar-refractivity contribution is 1.18. The standard InChI is InChI=1S/C47H30N2/c1-2-14-35(15-3-1)48-44-19-9-8-18-38(44)40-26-31(21-23-45(40)48)32-22-24-46-41(27-32)42-29-39-34(25-33-12-5-6-16-36(33)39)28-47(42)49(46)43-20-10-13-30-11-4-7-17-37(30)43/h1-24,26-29H,25H2. The molecule has 0 N–H and O–H groups in total. The molecular formula is C47H30N2. The fourth-order valence-electron chi connectivity index (χ4n) is 8.50. The van der Waals surface area contributed by atoms with Crippen LogP contribution in [0.4, 0.5) is 0 Å². The molecule has 0 spiro atoms. The number of fused-ring (bicyclic) bond motifs is 10. The number of hydrogen-bond donors (Lipinski definition) is 0. The summed E-state index contributed by atoms with van der Waals surface area (Å²) < 4.78 is 4.88. The lowest BCUT2D eigenvalue weighted by Crippen LogP contribution is -1.96. The van der Waals surface area contributed by atoms with Gasteiger partial charge in [0, 0.05) is 32.6 Å². The lowest BCUT2D eigenvalue weighted by atomic mass is 9.99. The number of aromatic nitrogens is 2. The summed E-state index contributed by atoms with van der Waals surface area (Å²) in [5.41, 5.74) is 15.3. The summed E-state index contributed by atoms with van der Waals surface area (Å²) in [7, 11) is 0. The highest BCUT2D eigenvalue weighted by atomic mass is 15.0. The van der Waals surface area contributed by atoms with E-state index in [1.54, 1.807) is 0 Å². The van der Waals surface area contributed by atoms with E-state index in [9.17, 15) is 0 Å². The van der Waals surface area contributed by atoms with E-state index in [4.69, 9.17) is 0 Å². The van der Waals surface area contributed by atoms with Crippen LogP contribution in [0.1, 0.15) is 11.1 Å². The molecule has 2 aromatic heterocycles. The van der Waals surface area contributed by atoms with E-state index in [0.717, 1.165) is 6.42 Å². The molecular weight excluding hydrogens is 593 g/mol. The monoisotopic (exact) mass is 622 g/mol. The SMILES string of the molecule is c1ccc(-n2c3ccccc3c3cc(-c4ccc5c(c4)c4cc6c(cc4n5-c4cccc5ccccc45)Cc4ccccc4-6)ccc32)cc1. The highest BCUT2D eigenvalue weighted by Gasteiger charge is 2.23.